The molecule has 1 rings (SSSR count). The summed E-state index contributed by atoms with van der Waals surface area (Å²) in [4.78, 5) is 10.5. The van der Waals surface area contributed by atoms with Gasteiger partial charge in [0.2, 0.25) is 0 Å². The average Bonchev–Trinajstić information content (AvgIpc) is 2.05. The molecule has 0 aliphatic heterocycles. The van der Waals surface area contributed by atoms with Crippen LogP contribution >= 0.6 is 12.2 Å². The van der Waals surface area contributed by atoms with Crippen molar-refractivity contribution in [3.8, 4) is 0 Å². The van der Waals surface area contributed by atoms with Crippen LogP contribution in [0, 0.1) is 0 Å². The number of hydrogen-bond acceptors (Lipinski definition) is 2. The molecule has 3 nitrogen and oxygen atoms in total. The molecule has 0 fully saturated rings. The van der Waals surface area contributed by atoms with Crippen molar-refractivity contribution in [2.45, 2.75) is 0 Å². The summed E-state index contributed by atoms with van der Waals surface area (Å²) in [5.41, 5.74) is 2.27. The van der Waals surface area contributed by atoms with E-state index in [1.165, 1.54) is 17.6 Å². The van der Waals surface area contributed by atoms with Crippen LogP contribution in [0.3, 0.4) is 0 Å². The third-order valence-corrected chi connectivity index (χ3v) is 1.45. The Morgan fingerprint density at radius 2 is 2.33 bits per heavy atom. The molecule has 0 aromatic heterocycles. The number of aromatic carboxylic acids is 1. The van der Waals surface area contributed by atoms with Gasteiger partial charge < -0.3 is 10.4 Å². The number of rotatable bonds is 3. The second kappa shape index (κ2) is 3.82. The summed E-state index contributed by atoms with van der Waals surface area (Å²) in [6.07, 6.45) is 0. The lowest BCUT2D eigenvalue weighted by molar-refractivity contribution is 0.0697. The van der Waals surface area contributed by atoms with Crippen molar-refractivity contribution < 1.29 is 9.90 Å². The first kappa shape index (κ1) is 8.67. The molecule has 0 unspecified atom stereocenters. The number of benzene rings is 1. The van der Waals surface area contributed by atoms with Gasteiger partial charge >= 0.3 is 5.97 Å². The van der Waals surface area contributed by atoms with Crippen LogP contribution in [-0.4, -0.2) is 16.6 Å². The van der Waals surface area contributed by atoms with E-state index in [1.54, 1.807) is 12.1 Å². The van der Waals surface area contributed by atoms with Gasteiger partial charge in [0.15, 0.2) is 0 Å². The fourth-order valence-electron chi connectivity index (χ4n) is 0.810. The molecule has 0 radical (unpaired) electrons. The first-order chi connectivity index (χ1) is 5.74. The standard InChI is InChI=1S/C8H7NO2S/c10-8(11)6-2-1-3-7(4-6)9-5-12/h1-5H,(H,9,12)(H,10,11). The van der Waals surface area contributed by atoms with Crippen LogP contribution in [0.15, 0.2) is 24.3 Å². The molecule has 1 aromatic rings. The molecule has 0 saturated heterocycles. The van der Waals surface area contributed by atoms with E-state index in [0.29, 0.717) is 5.69 Å². The highest BCUT2D eigenvalue weighted by molar-refractivity contribution is 7.79. The van der Waals surface area contributed by atoms with Crippen molar-refractivity contribution >= 4 is 29.4 Å². The van der Waals surface area contributed by atoms with Crippen LogP contribution in [0.25, 0.3) is 0 Å². The highest BCUT2D eigenvalue weighted by atomic mass is 32.1. The number of carboxylic acid groups (broad SMARTS) is 1. The van der Waals surface area contributed by atoms with Gasteiger partial charge in [0, 0.05) is 5.69 Å². The number of anilines is 1. The summed E-state index contributed by atoms with van der Waals surface area (Å²) in [6, 6.07) is 6.45. The van der Waals surface area contributed by atoms with Crippen LogP contribution in [0.1, 0.15) is 10.4 Å². The number of thiocarbonyl (C=S) groups is 1. The largest absolute Gasteiger partial charge is 0.478 e. The van der Waals surface area contributed by atoms with Gasteiger partial charge in [-0.1, -0.05) is 18.3 Å². The summed E-state index contributed by atoms with van der Waals surface area (Å²) in [5, 5.41) is 11.3. The topological polar surface area (TPSA) is 49.3 Å². The van der Waals surface area contributed by atoms with Crippen molar-refractivity contribution in [3.63, 3.8) is 0 Å². The minimum atomic E-state index is -0.942. The Morgan fingerprint density at radius 1 is 1.58 bits per heavy atom. The third kappa shape index (κ3) is 2.03. The van der Waals surface area contributed by atoms with Crippen LogP contribution in [0.5, 0.6) is 0 Å². The predicted octanol–water partition coefficient (Wildman–Crippen LogP) is 1.75. The highest BCUT2D eigenvalue weighted by Gasteiger charge is 2.01. The average molecular weight is 181 g/mol. The maximum atomic E-state index is 10.5. The Balaban J connectivity index is 2.95. The minimum absolute atomic E-state index is 0.247. The van der Waals surface area contributed by atoms with Crippen molar-refractivity contribution in [2.24, 2.45) is 0 Å². The van der Waals surface area contributed by atoms with Gasteiger partial charge in [-0.25, -0.2) is 4.79 Å². The van der Waals surface area contributed by atoms with Crippen LogP contribution < -0.4 is 5.32 Å². The number of nitrogens with one attached hydrogen (secondary N) is 1. The van der Waals surface area contributed by atoms with Crippen molar-refractivity contribution in [2.75, 3.05) is 5.32 Å². The van der Waals surface area contributed by atoms with Crippen LogP contribution in [0.4, 0.5) is 5.69 Å². The molecule has 0 heterocycles. The van der Waals surface area contributed by atoms with Crippen molar-refractivity contribution in [3.05, 3.63) is 29.8 Å². The zero-order valence-corrected chi connectivity index (χ0v) is 6.97. The monoisotopic (exact) mass is 181 g/mol. The maximum Gasteiger partial charge on any atom is 0.335 e. The van der Waals surface area contributed by atoms with Crippen molar-refractivity contribution in [1.29, 1.82) is 0 Å². The highest BCUT2D eigenvalue weighted by Crippen LogP contribution is 2.09. The van der Waals surface area contributed by atoms with Gasteiger partial charge in [0.25, 0.3) is 0 Å². The fourth-order valence-corrected chi connectivity index (χ4v) is 0.946. The molecule has 0 bridgehead atoms. The quantitative estimate of drug-likeness (QED) is 0.697. The van der Waals surface area contributed by atoms with E-state index in [9.17, 15) is 4.79 Å². The molecule has 0 amide bonds. The Hall–Kier alpha value is -1.42. The lowest BCUT2D eigenvalue weighted by atomic mass is 10.2. The predicted molar refractivity (Wildman–Crippen MR) is 50.7 cm³/mol. The van der Waals surface area contributed by atoms with E-state index in [-0.39, 0.29) is 5.56 Å². The second-order valence-corrected chi connectivity index (χ2v) is 2.38. The molecule has 0 spiro atoms. The van der Waals surface area contributed by atoms with E-state index in [1.807, 2.05) is 0 Å². The van der Waals surface area contributed by atoms with Crippen LogP contribution in [0.2, 0.25) is 0 Å². The first-order valence-electron chi connectivity index (χ1n) is 3.27. The zero-order chi connectivity index (χ0) is 8.97. The number of carbonyl (C=O) groups is 1. The molecular weight excluding hydrogens is 174 g/mol. The van der Waals surface area contributed by atoms with E-state index in [2.05, 4.69) is 17.5 Å². The Bertz CT molecular complexity index is 312. The smallest absolute Gasteiger partial charge is 0.335 e. The molecule has 62 valence electrons. The lowest BCUT2D eigenvalue weighted by Gasteiger charge is -1.99. The normalized spacial score (nSPS) is 9.00. The van der Waals surface area contributed by atoms with E-state index in [0.717, 1.165) is 0 Å². The maximum absolute atomic E-state index is 10.5. The summed E-state index contributed by atoms with van der Waals surface area (Å²) < 4.78 is 0. The molecule has 4 heteroatoms. The fraction of sp³-hybridized carbons (Fsp3) is 0. The Kier molecular flexibility index (Phi) is 2.76. The van der Waals surface area contributed by atoms with Gasteiger partial charge in [0.1, 0.15) is 0 Å². The first-order valence-corrected chi connectivity index (χ1v) is 3.74. The SMILES string of the molecule is O=C(O)c1cccc(NC=S)c1. The molecule has 0 saturated carbocycles. The Labute approximate surface area is 75.0 Å². The molecular formula is C8H7NO2S. The molecule has 2 N–H and O–H groups in total. The summed E-state index contributed by atoms with van der Waals surface area (Å²) in [5.74, 6) is -0.942. The zero-order valence-electron chi connectivity index (χ0n) is 6.15. The van der Waals surface area contributed by atoms with Gasteiger partial charge in [-0.2, -0.15) is 0 Å². The second-order valence-electron chi connectivity index (χ2n) is 2.15. The van der Waals surface area contributed by atoms with Crippen molar-refractivity contribution in [1.82, 2.24) is 0 Å². The molecule has 0 aliphatic rings. The van der Waals surface area contributed by atoms with E-state index < -0.39 is 5.97 Å². The van der Waals surface area contributed by atoms with E-state index in [4.69, 9.17) is 5.11 Å². The van der Waals surface area contributed by atoms with Crippen LogP contribution in [-0.2, 0) is 0 Å². The summed E-state index contributed by atoms with van der Waals surface area (Å²) in [6.45, 7) is 0. The summed E-state index contributed by atoms with van der Waals surface area (Å²) in [7, 11) is 0. The molecule has 12 heavy (non-hydrogen) atoms. The van der Waals surface area contributed by atoms with Gasteiger partial charge in [-0.05, 0) is 18.2 Å². The number of carboxylic acids is 1. The van der Waals surface area contributed by atoms with Gasteiger partial charge in [0.05, 0.1) is 11.1 Å². The third-order valence-electron chi connectivity index (χ3n) is 1.34. The Morgan fingerprint density at radius 3 is 2.92 bits per heavy atom. The molecule has 0 atom stereocenters. The minimum Gasteiger partial charge on any atom is -0.478 e. The molecule has 0 aliphatic carbocycles. The van der Waals surface area contributed by atoms with Gasteiger partial charge in [-0.15, -0.1) is 0 Å². The van der Waals surface area contributed by atoms with Gasteiger partial charge in [-0.3, -0.25) is 0 Å². The lowest BCUT2D eigenvalue weighted by Crippen LogP contribution is -1.98. The molecule has 1 aromatic carbocycles. The summed E-state index contributed by atoms with van der Waals surface area (Å²) >= 11 is 4.56. The number of hydrogen-bond donors (Lipinski definition) is 2. The van der Waals surface area contributed by atoms with E-state index >= 15 is 0 Å².